The van der Waals surface area contributed by atoms with Crippen LogP contribution in [0.5, 0.6) is 0 Å². The van der Waals surface area contributed by atoms with Crippen LogP contribution in [0.25, 0.3) is 6.08 Å². The monoisotopic (exact) mass is 538 g/mol. The van der Waals surface area contributed by atoms with Crippen LogP contribution in [0.15, 0.2) is 40.0 Å². The number of anilines is 1. The zero-order valence-electron chi connectivity index (χ0n) is 21.0. The SMILES string of the molecule is CCn1c(NCCc2ccccc2)c(/C=C2/SC(=S)N(CCCCCC(=O)O)C2=O)c(C)c(C#N)c1=O. The first-order valence-corrected chi connectivity index (χ1v) is 13.4. The molecule has 1 saturated heterocycles. The summed E-state index contributed by atoms with van der Waals surface area (Å²) in [6.07, 6.45) is 4.44. The standard InChI is InChI=1S/C27H30N4O4S2/c1-3-30-24(29-14-13-19-10-6-4-7-11-19)20(18(2)21(17-28)25(30)34)16-22-26(35)31(27(36)37-22)15-9-5-8-12-23(32)33/h4,6-7,10-11,16,29H,3,5,8-9,12-15H2,1-2H3,(H,32,33)/b22-16+. The van der Waals surface area contributed by atoms with Gasteiger partial charge in [-0.15, -0.1) is 0 Å². The van der Waals surface area contributed by atoms with E-state index in [-0.39, 0.29) is 23.5 Å². The predicted octanol–water partition coefficient (Wildman–Crippen LogP) is 4.55. The number of carboxylic acids is 1. The first-order valence-electron chi connectivity index (χ1n) is 12.2. The van der Waals surface area contributed by atoms with Crippen LogP contribution in [0, 0.1) is 18.3 Å². The third-order valence-electron chi connectivity index (χ3n) is 6.16. The molecular weight excluding hydrogens is 508 g/mol. The Labute approximate surface area is 226 Å². The summed E-state index contributed by atoms with van der Waals surface area (Å²) in [5, 5.41) is 21.9. The molecule has 1 fully saturated rings. The molecule has 1 aliphatic heterocycles. The molecule has 1 aromatic carbocycles. The zero-order valence-corrected chi connectivity index (χ0v) is 22.6. The van der Waals surface area contributed by atoms with Gasteiger partial charge in [0.15, 0.2) is 0 Å². The van der Waals surface area contributed by atoms with Crippen LogP contribution in [0.1, 0.15) is 54.9 Å². The van der Waals surface area contributed by atoms with Gasteiger partial charge in [0, 0.05) is 31.6 Å². The fourth-order valence-corrected chi connectivity index (χ4v) is 5.46. The number of nitriles is 1. The third-order valence-corrected chi connectivity index (χ3v) is 7.54. The number of aliphatic carboxylic acids is 1. The number of thioether (sulfide) groups is 1. The number of nitrogens with zero attached hydrogens (tertiary/aromatic N) is 3. The smallest absolute Gasteiger partial charge is 0.303 e. The number of carbonyl (C=O) groups excluding carboxylic acids is 1. The summed E-state index contributed by atoms with van der Waals surface area (Å²) < 4.78 is 1.97. The van der Waals surface area contributed by atoms with Crippen LogP contribution < -0.4 is 10.9 Å². The van der Waals surface area contributed by atoms with Crippen molar-refractivity contribution >= 4 is 52.1 Å². The van der Waals surface area contributed by atoms with Crippen molar-refractivity contribution in [2.45, 2.75) is 52.5 Å². The van der Waals surface area contributed by atoms with Gasteiger partial charge in [-0.05, 0) is 50.3 Å². The van der Waals surface area contributed by atoms with Gasteiger partial charge in [-0.2, -0.15) is 5.26 Å². The van der Waals surface area contributed by atoms with Crippen LogP contribution in [-0.4, -0.2) is 43.9 Å². The number of rotatable bonds is 12. The summed E-state index contributed by atoms with van der Waals surface area (Å²) in [4.78, 5) is 38.9. The van der Waals surface area contributed by atoms with Crippen molar-refractivity contribution in [1.82, 2.24) is 9.47 Å². The Bertz CT molecular complexity index is 1310. The largest absolute Gasteiger partial charge is 0.481 e. The number of benzene rings is 1. The molecule has 2 N–H and O–H groups in total. The Hall–Kier alpha value is -3.42. The lowest BCUT2D eigenvalue weighted by Crippen LogP contribution is -2.29. The van der Waals surface area contributed by atoms with Crippen molar-refractivity contribution < 1.29 is 14.7 Å². The molecule has 1 aromatic heterocycles. The molecule has 2 aromatic rings. The minimum absolute atomic E-state index is 0.0515. The highest BCUT2D eigenvalue weighted by Gasteiger charge is 2.32. The van der Waals surface area contributed by atoms with Gasteiger partial charge in [-0.25, -0.2) is 0 Å². The summed E-state index contributed by atoms with van der Waals surface area (Å²) >= 11 is 6.64. The number of nitrogens with one attached hydrogen (secondary N) is 1. The highest BCUT2D eigenvalue weighted by Crippen LogP contribution is 2.35. The zero-order chi connectivity index (χ0) is 26.9. The highest BCUT2D eigenvalue weighted by atomic mass is 32.2. The molecule has 0 radical (unpaired) electrons. The second kappa shape index (κ2) is 13.2. The highest BCUT2D eigenvalue weighted by molar-refractivity contribution is 8.26. The number of pyridine rings is 1. The Kier molecular flexibility index (Phi) is 10.1. The fourth-order valence-electron chi connectivity index (χ4n) is 4.17. The average Bonchev–Trinajstić information content (AvgIpc) is 3.14. The Morgan fingerprint density at radius 2 is 1.95 bits per heavy atom. The van der Waals surface area contributed by atoms with Crippen LogP contribution in [0.3, 0.4) is 0 Å². The molecule has 3 rings (SSSR count). The molecule has 37 heavy (non-hydrogen) atoms. The maximum absolute atomic E-state index is 13.2. The second-order valence-electron chi connectivity index (χ2n) is 8.62. The molecular formula is C27H30N4O4S2. The van der Waals surface area contributed by atoms with Crippen molar-refractivity contribution in [3.8, 4) is 6.07 Å². The first-order chi connectivity index (χ1) is 17.8. The summed E-state index contributed by atoms with van der Waals surface area (Å²) in [6.45, 7) is 4.90. The fraction of sp³-hybridized carbons (Fsp3) is 0.370. The van der Waals surface area contributed by atoms with Crippen LogP contribution in [-0.2, 0) is 22.6 Å². The normalized spacial score (nSPS) is 14.3. The number of hydrogen-bond donors (Lipinski definition) is 2. The van der Waals surface area contributed by atoms with Gasteiger partial charge in [-0.3, -0.25) is 23.9 Å². The van der Waals surface area contributed by atoms with Crippen molar-refractivity contribution in [2.75, 3.05) is 18.4 Å². The topological polar surface area (TPSA) is 115 Å². The molecule has 0 atom stereocenters. The van der Waals surface area contributed by atoms with Gasteiger partial charge in [0.1, 0.15) is 21.8 Å². The molecule has 0 spiro atoms. The summed E-state index contributed by atoms with van der Waals surface area (Å²) in [7, 11) is 0. The molecule has 0 aliphatic carbocycles. The quantitative estimate of drug-likeness (QED) is 0.230. The molecule has 0 unspecified atom stereocenters. The number of unbranched alkanes of at least 4 members (excludes halogenated alkanes) is 2. The minimum Gasteiger partial charge on any atom is -0.481 e. The maximum atomic E-state index is 13.2. The average molecular weight is 539 g/mol. The molecule has 8 nitrogen and oxygen atoms in total. The third kappa shape index (κ3) is 6.87. The van der Waals surface area contributed by atoms with E-state index in [0.29, 0.717) is 65.1 Å². The van der Waals surface area contributed by atoms with E-state index in [2.05, 4.69) is 5.32 Å². The van der Waals surface area contributed by atoms with Crippen molar-refractivity contribution in [2.24, 2.45) is 0 Å². The molecule has 0 saturated carbocycles. The van der Waals surface area contributed by atoms with Crippen molar-refractivity contribution in [1.29, 1.82) is 5.26 Å². The van der Waals surface area contributed by atoms with E-state index in [0.717, 1.165) is 12.0 Å². The number of thiocarbonyl (C=S) groups is 1. The van der Waals surface area contributed by atoms with E-state index < -0.39 is 5.97 Å². The molecule has 10 heteroatoms. The lowest BCUT2D eigenvalue weighted by atomic mass is 10.0. The van der Waals surface area contributed by atoms with E-state index in [9.17, 15) is 19.6 Å². The van der Waals surface area contributed by atoms with E-state index in [1.54, 1.807) is 13.0 Å². The van der Waals surface area contributed by atoms with Gasteiger partial charge in [0.05, 0.1) is 4.91 Å². The summed E-state index contributed by atoms with van der Waals surface area (Å²) in [5.74, 6) is -0.489. The molecule has 2 heterocycles. The van der Waals surface area contributed by atoms with Crippen molar-refractivity contribution in [3.05, 3.63) is 67.8 Å². The summed E-state index contributed by atoms with van der Waals surface area (Å²) in [6, 6.07) is 12.0. The number of amides is 1. The lowest BCUT2D eigenvalue weighted by Gasteiger charge is -2.19. The number of carbonyl (C=O) groups is 2. The molecule has 1 amide bonds. The molecule has 1 aliphatic rings. The molecule has 0 bridgehead atoms. The Morgan fingerprint density at radius 3 is 2.59 bits per heavy atom. The predicted molar refractivity (Wildman–Crippen MR) is 150 cm³/mol. The van der Waals surface area contributed by atoms with Crippen LogP contribution >= 0.6 is 24.0 Å². The Balaban J connectivity index is 1.89. The van der Waals surface area contributed by atoms with E-state index in [4.69, 9.17) is 17.3 Å². The number of carboxylic acid groups (broad SMARTS) is 1. The van der Waals surface area contributed by atoms with Crippen LogP contribution in [0.4, 0.5) is 5.82 Å². The second-order valence-corrected chi connectivity index (χ2v) is 10.3. The van der Waals surface area contributed by atoms with Gasteiger partial charge in [-0.1, -0.05) is 60.7 Å². The van der Waals surface area contributed by atoms with Crippen LogP contribution in [0.2, 0.25) is 0 Å². The molecule has 194 valence electrons. The van der Waals surface area contributed by atoms with Crippen molar-refractivity contribution in [3.63, 3.8) is 0 Å². The lowest BCUT2D eigenvalue weighted by molar-refractivity contribution is -0.137. The van der Waals surface area contributed by atoms with Gasteiger partial charge in [0.25, 0.3) is 11.5 Å². The number of aromatic nitrogens is 1. The minimum atomic E-state index is -0.831. The Morgan fingerprint density at radius 1 is 1.22 bits per heavy atom. The van der Waals surface area contributed by atoms with E-state index in [1.807, 2.05) is 43.3 Å². The maximum Gasteiger partial charge on any atom is 0.303 e. The van der Waals surface area contributed by atoms with Gasteiger partial charge >= 0.3 is 5.97 Å². The summed E-state index contributed by atoms with van der Waals surface area (Å²) in [5.41, 5.74) is 1.97. The van der Waals surface area contributed by atoms with Gasteiger partial charge < -0.3 is 10.4 Å². The number of hydrogen-bond acceptors (Lipinski definition) is 7. The van der Waals surface area contributed by atoms with E-state index in [1.165, 1.54) is 21.2 Å². The van der Waals surface area contributed by atoms with Gasteiger partial charge in [0.2, 0.25) is 0 Å². The first kappa shape index (κ1) is 28.2. The van der Waals surface area contributed by atoms with E-state index >= 15 is 0 Å².